The van der Waals surface area contributed by atoms with E-state index in [1.165, 1.54) is 6.07 Å². The Kier molecular flexibility index (Phi) is 3.95. The second-order valence-electron chi connectivity index (χ2n) is 6.97. The van der Waals surface area contributed by atoms with Crippen LogP contribution in [-0.2, 0) is 9.59 Å². The summed E-state index contributed by atoms with van der Waals surface area (Å²) in [5.41, 5.74) is 3.88. The fourth-order valence-corrected chi connectivity index (χ4v) is 4.60. The van der Waals surface area contributed by atoms with E-state index in [-0.39, 0.29) is 17.3 Å². The first-order chi connectivity index (χ1) is 12.0. The molecular weight excluding hydrogens is 338 g/mol. The Morgan fingerprint density at radius 2 is 1.56 bits per heavy atom. The molecule has 0 bridgehead atoms. The molecule has 3 aliphatic rings. The van der Waals surface area contributed by atoms with E-state index in [4.69, 9.17) is 11.6 Å². The van der Waals surface area contributed by atoms with Crippen LogP contribution in [0.1, 0.15) is 50.0 Å². The van der Waals surface area contributed by atoms with Gasteiger partial charge in [0.05, 0.1) is 0 Å². The number of carbonyl (C=O) groups excluding carboxylic acids is 2. The molecule has 4 rings (SSSR count). The van der Waals surface area contributed by atoms with Gasteiger partial charge >= 0.3 is 0 Å². The van der Waals surface area contributed by atoms with Gasteiger partial charge < -0.3 is 10.0 Å². The number of rotatable bonds is 1. The van der Waals surface area contributed by atoms with E-state index >= 15 is 0 Å². The minimum absolute atomic E-state index is 0.0717. The Labute approximate surface area is 151 Å². The normalized spacial score (nSPS) is 21.6. The van der Waals surface area contributed by atoms with E-state index in [0.29, 0.717) is 34.6 Å². The first kappa shape index (κ1) is 16.4. The molecule has 130 valence electrons. The molecule has 0 saturated carbocycles. The zero-order valence-electron chi connectivity index (χ0n) is 14.1. The number of carbonyl (C=O) groups is 2. The molecule has 0 atom stereocenters. The summed E-state index contributed by atoms with van der Waals surface area (Å²) in [6, 6.07) is 4.84. The summed E-state index contributed by atoms with van der Waals surface area (Å²) in [5.74, 6) is -0.278. The van der Waals surface area contributed by atoms with Gasteiger partial charge in [-0.05, 0) is 43.9 Å². The molecule has 1 aromatic carbocycles. The molecule has 0 aromatic heterocycles. The molecule has 0 spiro atoms. The van der Waals surface area contributed by atoms with Crippen LogP contribution in [0, 0.1) is 0 Å². The fourth-order valence-electron chi connectivity index (χ4n) is 4.42. The SMILES string of the molecule is CN1C2=C(C(=O)CCC2)C(c2cc(Cl)ccc2O)C2=C1CCCC2=O. The molecular formula is C20H20ClNO3. The number of hydrogen-bond acceptors (Lipinski definition) is 4. The van der Waals surface area contributed by atoms with Crippen LogP contribution < -0.4 is 0 Å². The number of phenolic OH excluding ortho intramolecular Hbond substituents is 1. The minimum atomic E-state index is -0.500. The molecule has 1 aromatic rings. The van der Waals surface area contributed by atoms with Gasteiger partial charge in [-0.25, -0.2) is 0 Å². The third-order valence-electron chi connectivity index (χ3n) is 5.55. The third kappa shape index (κ3) is 2.51. The first-order valence-electron chi connectivity index (χ1n) is 8.73. The summed E-state index contributed by atoms with van der Waals surface area (Å²) in [6.45, 7) is 0. The van der Waals surface area contributed by atoms with Gasteiger partial charge in [0.2, 0.25) is 0 Å². The van der Waals surface area contributed by atoms with Crippen LogP contribution in [0.4, 0.5) is 0 Å². The van der Waals surface area contributed by atoms with Gasteiger partial charge in [-0.15, -0.1) is 0 Å². The smallest absolute Gasteiger partial charge is 0.161 e. The van der Waals surface area contributed by atoms with Crippen molar-refractivity contribution in [1.82, 2.24) is 4.90 Å². The van der Waals surface area contributed by atoms with Gasteiger partial charge in [0.1, 0.15) is 5.75 Å². The Morgan fingerprint density at radius 1 is 1.00 bits per heavy atom. The van der Waals surface area contributed by atoms with Crippen LogP contribution in [0.3, 0.4) is 0 Å². The average Bonchev–Trinajstić information content (AvgIpc) is 2.59. The molecule has 2 aliphatic carbocycles. The number of allylic oxidation sites excluding steroid dienone is 4. The number of ketones is 2. The number of phenols is 1. The van der Waals surface area contributed by atoms with Crippen LogP contribution in [0.15, 0.2) is 40.7 Å². The topological polar surface area (TPSA) is 57.6 Å². The van der Waals surface area contributed by atoms with Crippen LogP contribution in [0.5, 0.6) is 5.75 Å². The number of hydrogen-bond donors (Lipinski definition) is 1. The van der Waals surface area contributed by atoms with Crippen molar-refractivity contribution >= 4 is 23.2 Å². The number of Topliss-reactive ketones (excluding diaryl/α,β-unsaturated/α-hetero) is 2. The summed E-state index contributed by atoms with van der Waals surface area (Å²) in [6.07, 6.45) is 4.27. The second kappa shape index (κ2) is 6.03. The maximum Gasteiger partial charge on any atom is 0.161 e. The zero-order valence-corrected chi connectivity index (χ0v) is 14.9. The van der Waals surface area contributed by atoms with E-state index in [0.717, 1.165) is 37.1 Å². The van der Waals surface area contributed by atoms with Crippen molar-refractivity contribution in [3.63, 3.8) is 0 Å². The van der Waals surface area contributed by atoms with Gasteiger partial charge in [-0.3, -0.25) is 9.59 Å². The van der Waals surface area contributed by atoms with Crippen molar-refractivity contribution in [3.8, 4) is 5.75 Å². The number of benzene rings is 1. The van der Waals surface area contributed by atoms with Gasteiger partial charge in [0.25, 0.3) is 0 Å². The largest absolute Gasteiger partial charge is 0.508 e. The summed E-state index contributed by atoms with van der Waals surface area (Å²) in [7, 11) is 1.95. The predicted octanol–water partition coefficient (Wildman–Crippen LogP) is 4.09. The molecule has 0 saturated heterocycles. The zero-order chi connectivity index (χ0) is 17.7. The maximum absolute atomic E-state index is 12.8. The highest BCUT2D eigenvalue weighted by molar-refractivity contribution is 6.30. The van der Waals surface area contributed by atoms with Crippen molar-refractivity contribution in [1.29, 1.82) is 0 Å². The molecule has 1 N–H and O–H groups in total. The molecule has 4 nitrogen and oxygen atoms in total. The van der Waals surface area contributed by atoms with E-state index in [2.05, 4.69) is 4.90 Å². The molecule has 0 radical (unpaired) electrons. The number of halogens is 1. The number of nitrogens with zero attached hydrogens (tertiary/aromatic N) is 1. The van der Waals surface area contributed by atoms with E-state index < -0.39 is 5.92 Å². The van der Waals surface area contributed by atoms with Gasteiger partial charge in [-0.1, -0.05) is 11.6 Å². The Balaban J connectivity index is 2.00. The molecule has 0 fully saturated rings. The van der Waals surface area contributed by atoms with E-state index in [1.54, 1.807) is 12.1 Å². The summed E-state index contributed by atoms with van der Waals surface area (Å²) in [4.78, 5) is 27.7. The quantitative estimate of drug-likeness (QED) is 0.822. The summed E-state index contributed by atoms with van der Waals surface area (Å²) >= 11 is 6.16. The lowest BCUT2D eigenvalue weighted by Gasteiger charge is -2.42. The van der Waals surface area contributed by atoms with Crippen molar-refractivity contribution in [2.45, 2.75) is 44.4 Å². The summed E-state index contributed by atoms with van der Waals surface area (Å²) in [5, 5.41) is 11.0. The van der Waals surface area contributed by atoms with Gasteiger partial charge in [0, 0.05) is 58.9 Å². The Hall–Kier alpha value is -2.07. The standard InChI is InChI=1S/C20H20ClNO3/c1-22-13-4-2-6-16(24)19(13)18(12-10-11(21)8-9-15(12)23)20-14(22)5-3-7-17(20)25/h8-10,18,23H,2-7H2,1H3. The van der Waals surface area contributed by atoms with Crippen molar-refractivity contribution < 1.29 is 14.7 Å². The maximum atomic E-state index is 12.8. The van der Waals surface area contributed by atoms with Crippen LogP contribution in [0.2, 0.25) is 5.02 Å². The lowest BCUT2D eigenvalue weighted by Crippen LogP contribution is -2.37. The first-order valence-corrected chi connectivity index (χ1v) is 9.11. The van der Waals surface area contributed by atoms with Gasteiger partial charge in [-0.2, -0.15) is 0 Å². The van der Waals surface area contributed by atoms with Crippen molar-refractivity contribution in [2.24, 2.45) is 0 Å². The van der Waals surface area contributed by atoms with Crippen LogP contribution in [0.25, 0.3) is 0 Å². The van der Waals surface area contributed by atoms with E-state index in [9.17, 15) is 14.7 Å². The molecule has 0 unspecified atom stereocenters. The predicted molar refractivity (Wildman–Crippen MR) is 95.4 cm³/mol. The minimum Gasteiger partial charge on any atom is -0.508 e. The second-order valence-corrected chi connectivity index (χ2v) is 7.41. The molecule has 1 aliphatic heterocycles. The highest BCUT2D eigenvalue weighted by Crippen LogP contribution is 2.50. The average molecular weight is 358 g/mol. The molecule has 25 heavy (non-hydrogen) atoms. The van der Waals surface area contributed by atoms with Gasteiger partial charge in [0.15, 0.2) is 11.6 Å². The molecule has 0 amide bonds. The van der Waals surface area contributed by atoms with Crippen LogP contribution in [-0.4, -0.2) is 28.6 Å². The monoisotopic (exact) mass is 357 g/mol. The fraction of sp³-hybridized carbons (Fsp3) is 0.400. The number of aromatic hydroxyl groups is 1. The van der Waals surface area contributed by atoms with E-state index in [1.807, 2.05) is 7.05 Å². The Bertz CT molecular complexity index is 808. The lowest BCUT2D eigenvalue weighted by molar-refractivity contribution is -0.117. The molecule has 1 heterocycles. The highest BCUT2D eigenvalue weighted by atomic mass is 35.5. The van der Waals surface area contributed by atoms with Crippen molar-refractivity contribution in [2.75, 3.05) is 7.05 Å². The Morgan fingerprint density at radius 3 is 2.12 bits per heavy atom. The van der Waals surface area contributed by atoms with Crippen molar-refractivity contribution in [3.05, 3.63) is 51.3 Å². The lowest BCUT2D eigenvalue weighted by atomic mass is 9.71. The highest BCUT2D eigenvalue weighted by Gasteiger charge is 2.43. The third-order valence-corrected chi connectivity index (χ3v) is 5.78. The molecule has 5 heteroatoms. The summed E-state index contributed by atoms with van der Waals surface area (Å²) < 4.78 is 0. The van der Waals surface area contributed by atoms with Crippen LogP contribution >= 0.6 is 11.6 Å².